The molecule has 1 rings (SSSR count). The highest BCUT2D eigenvalue weighted by molar-refractivity contribution is 5.03. The maximum Gasteiger partial charge on any atom is 0.417 e. The molecule has 0 amide bonds. The molecule has 0 aromatic carbocycles. The Morgan fingerprint density at radius 1 is 1.36 bits per heavy atom. The normalized spacial score (nSPS) is 24.8. The average Bonchev–Trinajstić information content (AvgIpc) is 2.45. The number of ether oxygens (including phenoxy) is 1. The van der Waals surface area contributed by atoms with Crippen LogP contribution in [0.2, 0.25) is 0 Å². The van der Waals surface area contributed by atoms with E-state index < -0.39 is 17.9 Å². The first-order chi connectivity index (χ1) is 4.90. The van der Waals surface area contributed by atoms with Crippen LogP contribution in [0.1, 0.15) is 12.8 Å². The van der Waals surface area contributed by atoms with Crippen LogP contribution in [-0.4, -0.2) is 25.1 Å². The zero-order valence-corrected chi connectivity index (χ0v) is 5.91. The number of halogens is 4. The first-order valence-corrected chi connectivity index (χ1v) is 3.18. The predicted octanol–water partition coefficient (Wildman–Crippen LogP) is 2.07. The van der Waals surface area contributed by atoms with Crippen molar-refractivity contribution in [1.29, 1.82) is 0 Å². The molecule has 66 valence electrons. The largest absolute Gasteiger partial charge is 0.417 e. The number of rotatable bonds is 2. The minimum Gasteiger partial charge on any atom is -0.369 e. The SMILES string of the molecule is COC(C(F)(F)F)C1(F)CC1. The Morgan fingerprint density at radius 3 is 1.91 bits per heavy atom. The summed E-state index contributed by atoms with van der Waals surface area (Å²) in [6.07, 6.45) is -6.93. The Balaban J connectivity index is 2.64. The number of alkyl halides is 4. The van der Waals surface area contributed by atoms with Gasteiger partial charge in [0.1, 0.15) is 5.67 Å². The molecule has 11 heavy (non-hydrogen) atoms. The molecule has 0 aromatic rings. The van der Waals surface area contributed by atoms with Crippen LogP contribution in [0.5, 0.6) is 0 Å². The lowest BCUT2D eigenvalue weighted by molar-refractivity contribution is -0.234. The molecule has 1 atom stereocenters. The van der Waals surface area contributed by atoms with Crippen molar-refractivity contribution >= 4 is 0 Å². The van der Waals surface area contributed by atoms with Gasteiger partial charge in [-0.15, -0.1) is 0 Å². The minimum atomic E-state index is -4.58. The topological polar surface area (TPSA) is 9.23 Å². The molecule has 1 aliphatic carbocycles. The lowest BCUT2D eigenvalue weighted by Crippen LogP contribution is -2.40. The zero-order valence-electron chi connectivity index (χ0n) is 5.91. The first kappa shape index (κ1) is 8.77. The highest BCUT2D eigenvalue weighted by Crippen LogP contribution is 2.49. The molecule has 0 N–H and O–H groups in total. The fourth-order valence-electron chi connectivity index (χ4n) is 1.02. The second-order valence-corrected chi connectivity index (χ2v) is 2.69. The van der Waals surface area contributed by atoms with Crippen LogP contribution in [0.3, 0.4) is 0 Å². The molecule has 1 unspecified atom stereocenters. The van der Waals surface area contributed by atoms with E-state index in [9.17, 15) is 17.6 Å². The van der Waals surface area contributed by atoms with Gasteiger partial charge < -0.3 is 4.74 Å². The molecule has 0 bridgehead atoms. The van der Waals surface area contributed by atoms with Crippen molar-refractivity contribution in [3.8, 4) is 0 Å². The summed E-state index contributed by atoms with van der Waals surface area (Å²) in [6.45, 7) is 0. The van der Waals surface area contributed by atoms with Crippen molar-refractivity contribution in [3.63, 3.8) is 0 Å². The van der Waals surface area contributed by atoms with Crippen molar-refractivity contribution in [3.05, 3.63) is 0 Å². The Hall–Kier alpha value is -0.320. The van der Waals surface area contributed by atoms with Crippen LogP contribution in [0.25, 0.3) is 0 Å². The van der Waals surface area contributed by atoms with Crippen LogP contribution in [0, 0.1) is 0 Å². The average molecular weight is 172 g/mol. The Morgan fingerprint density at radius 2 is 1.82 bits per heavy atom. The van der Waals surface area contributed by atoms with Gasteiger partial charge in [-0.1, -0.05) is 0 Å². The summed E-state index contributed by atoms with van der Waals surface area (Å²) >= 11 is 0. The Kier molecular flexibility index (Phi) is 1.86. The number of hydrogen-bond donors (Lipinski definition) is 0. The molecule has 1 aliphatic rings. The van der Waals surface area contributed by atoms with Crippen molar-refractivity contribution in [2.45, 2.75) is 30.8 Å². The fourth-order valence-corrected chi connectivity index (χ4v) is 1.02. The second kappa shape index (κ2) is 2.33. The quantitative estimate of drug-likeness (QED) is 0.579. The monoisotopic (exact) mass is 172 g/mol. The lowest BCUT2D eigenvalue weighted by atomic mass is 10.2. The molecule has 1 saturated carbocycles. The third-order valence-electron chi connectivity index (χ3n) is 1.73. The van der Waals surface area contributed by atoms with Gasteiger partial charge in [0.15, 0.2) is 6.10 Å². The molecular formula is C6H8F4O. The number of methoxy groups -OCH3 is 1. The van der Waals surface area contributed by atoms with E-state index in [1.165, 1.54) is 0 Å². The van der Waals surface area contributed by atoms with Crippen molar-refractivity contribution < 1.29 is 22.3 Å². The molecule has 1 nitrogen and oxygen atoms in total. The van der Waals surface area contributed by atoms with Crippen molar-refractivity contribution in [1.82, 2.24) is 0 Å². The summed E-state index contributed by atoms with van der Waals surface area (Å²) in [6, 6.07) is 0. The van der Waals surface area contributed by atoms with Gasteiger partial charge in [0, 0.05) is 7.11 Å². The van der Waals surface area contributed by atoms with Crippen molar-refractivity contribution in [2.75, 3.05) is 7.11 Å². The van der Waals surface area contributed by atoms with Gasteiger partial charge in [0.05, 0.1) is 0 Å². The molecule has 0 spiro atoms. The third-order valence-corrected chi connectivity index (χ3v) is 1.73. The third kappa shape index (κ3) is 1.64. The van der Waals surface area contributed by atoms with Crippen LogP contribution in [-0.2, 0) is 4.74 Å². The fraction of sp³-hybridized carbons (Fsp3) is 1.00. The van der Waals surface area contributed by atoms with E-state index in [4.69, 9.17) is 0 Å². The van der Waals surface area contributed by atoms with Gasteiger partial charge in [-0.05, 0) is 12.8 Å². The summed E-state index contributed by atoms with van der Waals surface area (Å²) in [5.74, 6) is 0. The van der Waals surface area contributed by atoms with E-state index in [1.54, 1.807) is 0 Å². The lowest BCUT2D eigenvalue weighted by Gasteiger charge is -2.21. The van der Waals surface area contributed by atoms with E-state index in [2.05, 4.69) is 4.74 Å². The molecule has 0 aliphatic heterocycles. The summed E-state index contributed by atoms with van der Waals surface area (Å²) in [7, 11) is 0.873. The van der Waals surface area contributed by atoms with E-state index in [0.717, 1.165) is 7.11 Å². The van der Waals surface area contributed by atoms with Crippen LogP contribution < -0.4 is 0 Å². The summed E-state index contributed by atoms with van der Waals surface area (Å²) < 4.78 is 52.5. The molecule has 0 aromatic heterocycles. The first-order valence-electron chi connectivity index (χ1n) is 3.18. The maximum absolute atomic E-state index is 12.8. The van der Waals surface area contributed by atoms with E-state index in [1.807, 2.05) is 0 Å². The summed E-state index contributed by atoms with van der Waals surface area (Å²) in [5, 5.41) is 0. The van der Waals surface area contributed by atoms with Crippen molar-refractivity contribution in [2.24, 2.45) is 0 Å². The van der Waals surface area contributed by atoms with Crippen LogP contribution >= 0.6 is 0 Å². The molecular weight excluding hydrogens is 164 g/mol. The van der Waals surface area contributed by atoms with Crippen LogP contribution in [0.15, 0.2) is 0 Å². The molecule has 0 saturated heterocycles. The van der Waals surface area contributed by atoms with Gasteiger partial charge >= 0.3 is 6.18 Å². The molecule has 1 fully saturated rings. The summed E-state index contributed by atoms with van der Waals surface area (Å²) in [4.78, 5) is 0. The smallest absolute Gasteiger partial charge is 0.369 e. The highest BCUT2D eigenvalue weighted by atomic mass is 19.4. The van der Waals surface area contributed by atoms with E-state index in [0.29, 0.717) is 0 Å². The Bertz CT molecular complexity index is 144. The maximum atomic E-state index is 12.8. The molecule has 0 radical (unpaired) electrons. The van der Waals surface area contributed by atoms with Gasteiger partial charge in [-0.2, -0.15) is 13.2 Å². The van der Waals surface area contributed by atoms with Gasteiger partial charge in [-0.3, -0.25) is 0 Å². The van der Waals surface area contributed by atoms with Gasteiger partial charge in [0.25, 0.3) is 0 Å². The Labute approximate surface area is 61.3 Å². The molecule has 5 heteroatoms. The van der Waals surface area contributed by atoms with Gasteiger partial charge in [0.2, 0.25) is 0 Å². The number of hydrogen-bond acceptors (Lipinski definition) is 1. The standard InChI is InChI=1S/C6H8F4O/c1-11-4(6(8,9)10)5(7)2-3-5/h4H,2-3H2,1H3. The van der Waals surface area contributed by atoms with Crippen LogP contribution in [0.4, 0.5) is 17.6 Å². The van der Waals surface area contributed by atoms with E-state index >= 15 is 0 Å². The van der Waals surface area contributed by atoms with Gasteiger partial charge in [-0.25, -0.2) is 4.39 Å². The second-order valence-electron chi connectivity index (χ2n) is 2.69. The van der Waals surface area contributed by atoms with E-state index in [-0.39, 0.29) is 12.8 Å². The summed E-state index contributed by atoms with van der Waals surface area (Å²) in [5.41, 5.74) is -2.15. The predicted molar refractivity (Wildman–Crippen MR) is 29.9 cm³/mol. The molecule has 0 heterocycles. The minimum absolute atomic E-state index is 0.0506. The highest BCUT2D eigenvalue weighted by Gasteiger charge is 2.61. The zero-order chi connectivity index (χ0) is 8.70.